The van der Waals surface area contributed by atoms with Gasteiger partial charge < -0.3 is 23.7 Å². The van der Waals surface area contributed by atoms with Crippen LogP contribution in [0.3, 0.4) is 0 Å². The van der Waals surface area contributed by atoms with Gasteiger partial charge in [0.1, 0.15) is 11.5 Å². The molecule has 0 radical (unpaired) electrons. The van der Waals surface area contributed by atoms with Crippen LogP contribution in [0.15, 0.2) is 252 Å². The van der Waals surface area contributed by atoms with Crippen LogP contribution in [0.4, 0.5) is 34.1 Å². The van der Waals surface area contributed by atoms with Crippen LogP contribution in [0.5, 0.6) is 11.5 Å². The van der Waals surface area contributed by atoms with Gasteiger partial charge in [-0.2, -0.15) is 0 Å². The van der Waals surface area contributed by atoms with Gasteiger partial charge in [0.05, 0.1) is 33.4 Å². The fraction of sp³-hybridized carbons (Fsp3) is 0. The zero-order valence-electron chi connectivity index (χ0n) is 39.9. The number of aromatic nitrogens is 2. The lowest BCUT2D eigenvalue weighted by Gasteiger charge is -2.45. The summed E-state index contributed by atoms with van der Waals surface area (Å²) in [5, 5.41) is 4.97. The van der Waals surface area contributed by atoms with Crippen molar-refractivity contribution in [1.82, 2.24) is 9.13 Å². The average Bonchev–Trinajstić information content (AvgIpc) is 4.01. The molecule has 0 unspecified atom stereocenters. The maximum absolute atomic E-state index is 7.06. The quantitative estimate of drug-likeness (QED) is 0.164. The first-order chi connectivity index (χ1) is 36.7. The summed E-state index contributed by atoms with van der Waals surface area (Å²) in [4.78, 5) is 7.54. The van der Waals surface area contributed by atoms with Crippen molar-refractivity contribution in [3.8, 4) is 22.9 Å². The smallest absolute Gasteiger partial charge is 0.253 e. The number of hydrogen-bond donors (Lipinski definition) is 0. The summed E-state index contributed by atoms with van der Waals surface area (Å²) in [5.74, 6) is 1.82. The third-order valence-electron chi connectivity index (χ3n) is 16.2. The van der Waals surface area contributed by atoms with E-state index in [2.05, 4.69) is 262 Å². The maximum Gasteiger partial charge on any atom is 0.253 e. The van der Waals surface area contributed by atoms with Crippen LogP contribution in [-0.2, 0) is 0 Å². The van der Waals surface area contributed by atoms with E-state index in [0.29, 0.717) is 0 Å². The number of fused-ring (bicyclic) bond motifs is 14. The molecule has 0 spiro atoms. The minimum absolute atomic E-state index is 0.0397. The van der Waals surface area contributed by atoms with Gasteiger partial charge in [-0.15, -0.1) is 0 Å². The molecule has 4 aliphatic heterocycles. The van der Waals surface area contributed by atoms with Gasteiger partial charge in [-0.1, -0.05) is 169 Å². The molecule has 0 atom stereocenters. The minimum Gasteiger partial charge on any atom is -0.458 e. The zero-order chi connectivity index (χ0) is 48.2. The van der Waals surface area contributed by atoms with Crippen molar-refractivity contribution in [2.24, 2.45) is 0 Å². The predicted octanol–water partition coefficient (Wildman–Crippen LogP) is 13.0. The van der Waals surface area contributed by atoms with E-state index in [1.54, 1.807) is 0 Å². The number of rotatable bonds is 4. The fourth-order valence-corrected chi connectivity index (χ4v) is 14.4. The van der Waals surface area contributed by atoms with Crippen LogP contribution in [0.2, 0.25) is 0 Å². The van der Waals surface area contributed by atoms with Crippen LogP contribution in [-0.4, -0.2) is 22.6 Å². The Kier molecular flexibility index (Phi) is 8.33. The maximum atomic E-state index is 7.06. The Morgan fingerprint density at radius 1 is 0.297 bits per heavy atom. The van der Waals surface area contributed by atoms with E-state index >= 15 is 0 Å². The molecule has 13 aromatic rings. The van der Waals surface area contributed by atoms with Gasteiger partial charge in [0, 0.05) is 71.5 Å². The van der Waals surface area contributed by atoms with Gasteiger partial charge in [-0.25, -0.2) is 0 Å². The molecule has 342 valence electrons. The minimum atomic E-state index is -0.0674. The standard InChI is InChI=1S/C66H40B2N4OS/c1-3-19-41(20-4-1)69-57-33-17-11-27-49(57)67-51-39-52-63(74-64-38-44(37-62-66(64)68(52)50-28-12-18-34-61(50)73-62)72-55-31-15-9-25-47(55)48-26-10-16-32-56(48)72)40-58(51)70(42-21-5-2-6-22-42)60-36-43(35-59(69)65(60)67)71-53-29-13-7-23-45(53)46-24-8-14-30-54(46)71/h1-40H. The third kappa shape index (κ3) is 5.52. The van der Waals surface area contributed by atoms with Crippen molar-refractivity contribution in [1.29, 1.82) is 0 Å². The Hall–Kier alpha value is -9.10. The summed E-state index contributed by atoms with van der Waals surface area (Å²) in [6.45, 7) is -0.107. The summed E-state index contributed by atoms with van der Waals surface area (Å²) < 4.78 is 12.0. The van der Waals surface area contributed by atoms with Crippen molar-refractivity contribution in [3.63, 3.8) is 0 Å². The Bertz CT molecular complexity index is 4440. The molecule has 17 rings (SSSR count). The highest BCUT2D eigenvalue weighted by Crippen LogP contribution is 2.48. The number of para-hydroxylation sites is 8. The Morgan fingerprint density at radius 2 is 0.770 bits per heavy atom. The van der Waals surface area contributed by atoms with Gasteiger partial charge in [0.2, 0.25) is 0 Å². The molecule has 0 saturated carbocycles. The second kappa shape index (κ2) is 15.2. The second-order valence-electron chi connectivity index (χ2n) is 20.0. The van der Waals surface area contributed by atoms with Gasteiger partial charge in [0.25, 0.3) is 13.4 Å². The average molecular weight is 959 g/mol. The molecule has 0 saturated heterocycles. The SMILES string of the molecule is c1ccc(N2c3ccccc3B3c4cc5c(cc4N(c4ccccc4)c4cc(-n6c7ccccc7c7ccccc76)cc2c43)Sc2cc(-n3c4ccccc4c4ccccc43)cc3c2B5c2ccccc2O3)cc1. The first-order valence-corrected chi connectivity index (χ1v) is 26.3. The lowest BCUT2D eigenvalue weighted by Crippen LogP contribution is -2.64. The number of nitrogens with zero attached hydrogens (tertiary/aromatic N) is 4. The molecule has 0 aliphatic carbocycles. The normalized spacial score (nSPS) is 13.6. The van der Waals surface area contributed by atoms with Crippen molar-refractivity contribution in [2.45, 2.75) is 9.79 Å². The number of anilines is 6. The van der Waals surface area contributed by atoms with Crippen molar-refractivity contribution >= 4 is 136 Å². The molecule has 6 heterocycles. The highest BCUT2D eigenvalue weighted by molar-refractivity contribution is 8.00. The number of benzene rings is 11. The summed E-state index contributed by atoms with van der Waals surface area (Å²) in [7, 11) is 0. The fourth-order valence-electron chi connectivity index (χ4n) is 13.2. The largest absolute Gasteiger partial charge is 0.458 e. The van der Waals surface area contributed by atoms with E-state index in [0.717, 1.165) is 34.2 Å². The Labute approximate surface area is 432 Å². The summed E-state index contributed by atoms with van der Waals surface area (Å²) in [6.07, 6.45) is 0. The molecule has 2 aromatic heterocycles. The molecule has 8 heteroatoms. The van der Waals surface area contributed by atoms with Gasteiger partial charge >= 0.3 is 0 Å². The molecule has 0 bridgehead atoms. The lowest BCUT2D eigenvalue weighted by atomic mass is 9.31. The van der Waals surface area contributed by atoms with Gasteiger partial charge in [0.15, 0.2) is 0 Å². The van der Waals surface area contributed by atoms with Crippen LogP contribution in [0, 0.1) is 0 Å². The molecule has 74 heavy (non-hydrogen) atoms. The lowest BCUT2D eigenvalue weighted by molar-refractivity contribution is 0.486. The van der Waals surface area contributed by atoms with Crippen molar-refractivity contribution in [2.75, 3.05) is 9.80 Å². The van der Waals surface area contributed by atoms with E-state index in [1.807, 2.05) is 11.8 Å². The van der Waals surface area contributed by atoms with E-state index in [9.17, 15) is 0 Å². The third-order valence-corrected chi connectivity index (χ3v) is 17.3. The first kappa shape index (κ1) is 40.5. The van der Waals surface area contributed by atoms with E-state index in [4.69, 9.17) is 4.74 Å². The topological polar surface area (TPSA) is 25.6 Å². The molecule has 0 N–H and O–H groups in total. The molecular formula is C66H40B2N4OS. The summed E-state index contributed by atoms with van der Waals surface area (Å²) in [6, 6.07) is 89.8. The van der Waals surface area contributed by atoms with Gasteiger partial charge in [-0.05, 0) is 112 Å². The monoisotopic (exact) mass is 958 g/mol. The molecule has 4 aliphatic rings. The van der Waals surface area contributed by atoms with Crippen molar-refractivity contribution in [3.05, 3.63) is 243 Å². The first-order valence-electron chi connectivity index (χ1n) is 25.5. The molecular weight excluding hydrogens is 918 g/mol. The number of ether oxygens (including phenoxy) is 1. The highest BCUT2D eigenvalue weighted by atomic mass is 32.2. The van der Waals surface area contributed by atoms with Crippen LogP contribution >= 0.6 is 11.8 Å². The van der Waals surface area contributed by atoms with Crippen LogP contribution in [0.25, 0.3) is 55.0 Å². The van der Waals surface area contributed by atoms with E-state index in [1.165, 1.54) is 109 Å². The molecule has 0 fully saturated rings. The molecule has 0 amide bonds. The Balaban J connectivity index is 0.956. The van der Waals surface area contributed by atoms with Crippen molar-refractivity contribution < 1.29 is 4.74 Å². The van der Waals surface area contributed by atoms with E-state index in [-0.39, 0.29) is 13.4 Å². The zero-order valence-corrected chi connectivity index (χ0v) is 40.7. The number of hydrogen-bond acceptors (Lipinski definition) is 4. The molecule has 5 nitrogen and oxygen atoms in total. The predicted molar refractivity (Wildman–Crippen MR) is 311 cm³/mol. The van der Waals surface area contributed by atoms with E-state index < -0.39 is 0 Å². The van der Waals surface area contributed by atoms with Crippen LogP contribution in [0.1, 0.15) is 0 Å². The van der Waals surface area contributed by atoms with Gasteiger partial charge in [-0.3, -0.25) is 0 Å². The summed E-state index contributed by atoms with van der Waals surface area (Å²) >= 11 is 1.88. The Morgan fingerprint density at radius 3 is 1.36 bits per heavy atom. The summed E-state index contributed by atoms with van der Waals surface area (Å²) in [5.41, 5.74) is 21.5. The second-order valence-corrected chi connectivity index (χ2v) is 21.0. The van der Waals surface area contributed by atoms with Crippen LogP contribution < -0.4 is 47.3 Å². The highest BCUT2D eigenvalue weighted by Gasteiger charge is 2.47. The molecule has 11 aromatic carbocycles.